The van der Waals surface area contributed by atoms with Gasteiger partial charge in [-0.25, -0.2) is 0 Å². The van der Waals surface area contributed by atoms with E-state index in [-0.39, 0.29) is 44.0 Å². The van der Waals surface area contributed by atoms with Crippen LogP contribution in [0.5, 0.6) is 0 Å². The normalized spacial score (nSPS) is 13.1. The van der Waals surface area contributed by atoms with Gasteiger partial charge < -0.3 is 14.2 Å². The highest BCUT2D eigenvalue weighted by atomic mass is 16.6. The molecule has 0 rings (SSSR count). The van der Waals surface area contributed by atoms with Gasteiger partial charge in [-0.1, -0.05) is 307 Å². The number of hydrogen-bond donors (Lipinski definition) is 0. The number of rotatable bonds is 60. The summed E-state index contributed by atoms with van der Waals surface area (Å²) in [5.74, 6) is -0.995. The Balaban J connectivity index is 4.56. The zero-order valence-electron chi connectivity index (χ0n) is 53.7. The molecule has 0 aromatic heterocycles. The van der Waals surface area contributed by atoms with Crippen molar-refractivity contribution >= 4 is 17.9 Å². The summed E-state index contributed by atoms with van der Waals surface area (Å²) >= 11 is 0. The Bertz CT molecular complexity index is 1840. The van der Waals surface area contributed by atoms with Crippen LogP contribution in [-0.4, -0.2) is 37.2 Å². The van der Waals surface area contributed by atoms with Crippen molar-refractivity contribution in [3.8, 4) is 0 Å². The molecule has 0 N–H and O–H groups in total. The molecule has 0 aromatic rings. The highest BCUT2D eigenvalue weighted by Crippen LogP contribution is 2.16. The molecule has 0 aliphatic carbocycles. The molecule has 6 heteroatoms. The number of esters is 3. The Morgan fingerprint density at radius 1 is 0.253 bits per heavy atom. The van der Waals surface area contributed by atoms with Crippen molar-refractivity contribution in [1.29, 1.82) is 0 Å². The lowest BCUT2D eigenvalue weighted by atomic mass is 10.0. The van der Waals surface area contributed by atoms with Crippen molar-refractivity contribution in [3.63, 3.8) is 0 Å². The van der Waals surface area contributed by atoms with E-state index in [2.05, 4.69) is 179 Å². The van der Waals surface area contributed by atoms with Gasteiger partial charge in [0.25, 0.3) is 0 Å². The van der Waals surface area contributed by atoms with E-state index in [4.69, 9.17) is 14.2 Å². The molecule has 83 heavy (non-hydrogen) atoms. The lowest BCUT2D eigenvalue weighted by Crippen LogP contribution is -2.30. The summed E-state index contributed by atoms with van der Waals surface area (Å²) in [6.45, 7) is 6.36. The van der Waals surface area contributed by atoms with E-state index in [0.29, 0.717) is 12.8 Å². The van der Waals surface area contributed by atoms with Gasteiger partial charge in [0.2, 0.25) is 0 Å². The number of carbonyl (C=O) groups is 3. The molecule has 1 unspecified atom stereocenters. The van der Waals surface area contributed by atoms with Crippen molar-refractivity contribution in [2.75, 3.05) is 13.2 Å². The fourth-order valence-corrected chi connectivity index (χ4v) is 9.02. The summed E-state index contributed by atoms with van der Waals surface area (Å²) in [5.41, 5.74) is 0. The molecule has 0 bridgehead atoms. The van der Waals surface area contributed by atoms with Gasteiger partial charge in [-0.15, -0.1) is 0 Å². The molecule has 0 saturated carbocycles. The lowest BCUT2D eigenvalue weighted by Gasteiger charge is -2.18. The van der Waals surface area contributed by atoms with E-state index in [1.54, 1.807) is 0 Å². The van der Waals surface area contributed by atoms with E-state index < -0.39 is 6.10 Å². The van der Waals surface area contributed by atoms with Gasteiger partial charge in [-0.05, 0) is 122 Å². The maximum absolute atomic E-state index is 13.0. The largest absolute Gasteiger partial charge is 0.462 e. The first-order valence-corrected chi connectivity index (χ1v) is 34.0. The monoisotopic (exact) mass is 1140 g/mol. The third-order valence-electron chi connectivity index (χ3n) is 14.0. The van der Waals surface area contributed by atoms with Gasteiger partial charge in [0, 0.05) is 19.3 Å². The highest BCUT2D eigenvalue weighted by molar-refractivity contribution is 5.71. The third kappa shape index (κ3) is 67.7. The molecule has 0 radical (unpaired) electrons. The van der Waals surface area contributed by atoms with E-state index in [1.165, 1.54) is 103 Å². The predicted octanol–water partition coefficient (Wildman–Crippen LogP) is 23.7. The molecule has 1 atom stereocenters. The Kier molecular flexibility index (Phi) is 65.4. The number of carbonyl (C=O) groups excluding carboxylic acids is 3. The predicted molar refractivity (Wildman–Crippen MR) is 362 cm³/mol. The van der Waals surface area contributed by atoms with Crippen molar-refractivity contribution in [1.82, 2.24) is 0 Å². The summed E-state index contributed by atoms with van der Waals surface area (Å²) in [6, 6.07) is 0. The Hall–Kier alpha value is -4.97. The quantitative estimate of drug-likeness (QED) is 0.0261. The van der Waals surface area contributed by atoms with Crippen LogP contribution in [0.1, 0.15) is 290 Å². The highest BCUT2D eigenvalue weighted by Gasteiger charge is 2.19. The smallest absolute Gasteiger partial charge is 0.306 e. The topological polar surface area (TPSA) is 78.9 Å². The first-order valence-electron chi connectivity index (χ1n) is 34.0. The van der Waals surface area contributed by atoms with Crippen LogP contribution >= 0.6 is 0 Å². The van der Waals surface area contributed by atoms with Gasteiger partial charge in [0.05, 0.1) is 0 Å². The number of allylic oxidation sites excluding steroid dienone is 26. The lowest BCUT2D eigenvalue weighted by molar-refractivity contribution is -0.167. The Morgan fingerprint density at radius 3 is 0.783 bits per heavy atom. The first-order chi connectivity index (χ1) is 41.0. The van der Waals surface area contributed by atoms with E-state index in [0.717, 1.165) is 141 Å². The van der Waals surface area contributed by atoms with Gasteiger partial charge >= 0.3 is 17.9 Å². The molecule has 0 spiro atoms. The standard InChI is InChI=1S/C77H124O6/c1-4-7-10-13-16-19-22-25-28-31-34-36-38-40-43-46-49-52-55-58-61-64-67-70-76(79)82-73-74(72-81-75(78)69-66-63-60-57-54-51-48-45-42-33-30-27-24-21-18-15-12-9-6-3)83-77(80)71-68-65-62-59-56-53-50-47-44-41-39-37-35-32-29-26-23-20-17-14-11-8-5-2/h7-8,10-11,16-17,19-20,25-26,28-29,34-37,40-41,43-44,49-50,52-53,58,61,74H,4-6,9,12-15,18,21-24,27,30-33,38-39,42,45-48,51,54-57,59-60,62-73H2,1-3H3/b10-7-,11-8-,19-16-,20-17-,28-25-,29-26-,36-34-,37-35-,43-40-,44-41-,52-49-,53-50-,61-58-. The van der Waals surface area contributed by atoms with Crippen LogP contribution in [-0.2, 0) is 28.6 Å². The summed E-state index contributed by atoms with van der Waals surface area (Å²) in [7, 11) is 0. The molecule has 0 aliphatic heterocycles. The average Bonchev–Trinajstić information content (AvgIpc) is 3.49. The van der Waals surface area contributed by atoms with Crippen molar-refractivity contribution in [3.05, 3.63) is 158 Å². The van der Waals surface area contributed by atoms with Crippen LogP contribution < -0.4 is 0 Å². The summed E-state index contributed by atoms with van der Waals surface area (Å²) in [4.78, 5) is 38.4. The second-order valence-electron chi connectivity index (χ2n) is 22.0. The van der Waals surface area contributed by atoms with Crippen LogP contribution in [0.4, 0.5) is 0 Å². The van der Waals surface area contributed by atoms with Crippen LogP contribution in [0, 0.1) is 0 Å². The van der Waals surface area contributed by atoms with E-state index in [1.807, 2.05) is 0 Å². The number of unbranched alkanes of at least 4 members (excludes halogenated alkanes) is 23. The SMILES string of the molecule is CC/C=C\C/C=C\C/C=C\C/C=C\C/C=C\C/C=C\C/C=C\CCCC(=O)OCC(COC(=O)CCCCCCCCCCCCCCCCCCCCC)OC(=O)CCCCCC/C=C\C/C=C\C/C=C\C/C=C\C/C=C\C/C=C\CC. The molecular formula is C77H124O6. The van der Waals surface area contributed by atoms with Crippen LogP contribution in [0.3, 0.4) is 0 Å². The van der Waals surface area contributed by atoms with Crippen LogP contribution in [0.15, 0.2) is 158 Å². The second-order valence-corrected chi connectivity index (χ2v) is 22.0. The van der Waals surface area contributed by atoms with Crippen molar-refractivity contribution in [2.24, 2.45) is 0 Å². The fourth-order valence-electron chi connectivity index (χ4n) is 9.02. The zero-order valence-corrected chi connectivity index (χ0v) is 53.7. The molecule has 468 valence electrons. The van der Waals surface area contributed by atoms with Gasteiger partial charge in [-0.3, -0.25) is 14.4 Å². The van der Waals surface area contributed by atoms with E-state index in [9.17, 15) is 14.4 Å². The molecule has 0 aliphatic rings. The minimum Gasteiger partial charge on any atom is -0.462 e. The minimum atomic E-state index is -0.824. The van der Waals surface area contributed by atoms with Crippen molar-refractivity contribution < 1.29 is 28.6 Å². The number of ether oxygens (including phenoxy) is 3. The molecule has 0 amide bonds. The molecule has 0 fully saturated rings. The van der Waals surface area contributed by atoms with Crippen LogP contribution in [0.25, 0.3) is 0 Å². The van der Waals surface area contributed by atoms with Gasteiger partial charge in [0.15, 0.2) is 6.10 Å². The Morgan fingerprint density at radius 2 is 0.482 bits per heavy atom. The van der Waals surface area contributed by atoms with Gasteiger partial charge in [-0.2, -0.15) is 0 Å². The van der Waals surface area contributed by atoms with Crippen molar-refractivity contribution in [2.45, 2.75) is 297 Å². The third-order valence-corrected chi connectivity index (χ3v) is 14.0. The van der Waals surface area contributed by atoms with Crippen LogP contribution in [0.2, 0.25) is 0 Å². The minimum absolute atomic E-state index is 0.111. The summed E-state index contributed by atoms with van der Waals surface area (Å²) in [5, 5.41) is 0. The molecule has 6 nitrogen and oxygen atoms in total. The van der Waals surface area contributed by atoms with Gasteiger partial charge in [0.1, 0.15) is 13.2 Å². The average molecular weight is 1150 g/mol. The molecule has 0 aromatic carbocycles. The first kappa shape index (κ1) is 78.0. The molecular weight excluding hydrogens is 1020 g/mol. The second kappa shape index (κ2) is 69.5. The maximum atomic E-state index is 13.0. The molecule has 0 saturated heterocycles. The Labute approximate surface area is 511 Å². The summed E-state index contributed by atoms with van der Waals surface area (Å²) in [6.07, 6.45) is 101. The summed E-state index contributed by atoms with van der Waals surface area (Å²) < 4.78 is 16.9. The van der Waals surface area contributed by atoms with E-state index >= 15 is 0 Å². The maximum Gasteiger partial charge on any atom is 0.306 e. The zero-order chi connectivity index (χ0) is 59.9. The molecule has 0 heterocycles. The number of hydrogen-bond acceptors (Lipinski definition) is 6. The fraction of sp³-hybridized carbons (Fsp3) is 0.623.